The monoisotopic (exact) mass is 336 g/mol. The van der Waals surface area contributed by atoms with Crippen molar-refractivity contribution in [3.8, 4) is 17.6 Å². The summed E-state index contributed by atoms with van der Waals surface area (Å²) < 4.78 is 19.2. The summed E-state index contributed by atoms with van der Waals surface area (Å²) in [6.07, 6.45) is 0. The Labute approximate surface area is 121 Å². The topological polar surface area (TPSA) is 76.2 Å². The quantitative estimate of drug-likeness (QED) is 0.622. The summed E-state index contributed by atoms with van der Waals surface area (Å²) in [6.45, 7) is 0. The molecule has 2 aromatic rings. The molecule has 2 rings (SSSR count). The number of nitrogens with zero attached hydrogens (tertiary/aromatic N) is 2. The van der Waals surface area contributed by atoms with Gasteiger partial charge in [-0.25, -0.2) is 4.39 Å². The van der Waals surface area contributed by atoms with Gasteiger partial charge >= 0.3 is 5.69 Å². The van der Waals surface area contributed by atoms with Crippen molar-refractivity contribution in [3.63, 3.8) is 0 Å². The summed E-state index contributed by atoms with van der Waals surface area (Å²) in [5.41, 5.74) is -0.198. The van der Waals surface area contributed by atoms with Crippen LogP contribution in [0, 0.1) is 27.3 Å². The highest BCUT2D eigenvalue weighted by Crippen LogP contribution is 2.34. The van der Waals surface area contributed by atoms with Gasteiger partial charge in [-0.3, -0.25) is 10.1 Å². The van der Waals surface area contributed by atoms with E-state index in [-0.39, 0.29) is 22.7 Å². The number of rotatable bonds is 3. The molecule has 0 atom stereocenters. The number of hydrogen-bond donors (Lipinski definition) is 0. The Hall–Kier alpha value is -2.46. The van der Waals surface area contributed by atoms with E-state index in [4.69, 9.17) is 10.00 Å². The van der Waals surface area contributed by atoms with Gasteiger partial charge in [0.25, 0.3) is 0 Å². The molecule has 5 nitrogen and oxygen atoms in total. The maximum Gasteiger partial charge on any atom is 0.311 e. The van der Waals surface area contributed by atoms with Crippen molar-refractivity contribution in [2.45, 2.75) is 0 Å². The number of ether oxygens (including phenoxy) is 1. The van der Waals surface area contributed by atoms with Crippen LogP contribution in [0.3, 0.4) is 0 Å². The van der Waals surface area contributed by atoms with Crippen LogP contribution in [-0.4, -0.2) is 4.92 Å². The molecule has 100 valence electrons. The Morgan fingerprint density at radius 3 is 2.65 bits per heavy atom. The van der Waals surface area contributed by atoms with E-state index in [9.17, 15) is 14.5 Å². The second-order valence-electron chi connectivity index (χ2n) is 3.72. The van der Waals surface area contributed by atoms with Crippen molar-refractivity contribution in [2.24, 2.45) is 0 Å². The predicted octanol–water partition coefficient (Wildman–Crippen LogP) is 4.16. The van der Waals surface area contributed by atoms with Crippen molar-refractivity contribution in [3.05, 3.63) is 62.4 Å². The lowest BCUT2D eigenvalue weighted by atomic mass is 10.2. The molecule has 0 heterocycles. The minimum absolute atomic E-state index is 0.115. The zero-order chi connectivity index (χ0) is 14.7. The summed E-state index contributed by atoms with van der Waals surface area (Å²) in [7, 11) is 0. The SMILES string of the molecule is N#Cc1cc(Br)ccc1Oc1cc(F)ccc1[N+](=O)[O-]. The van der Waals surface area contributed by atoms with Gasteiger partial charge in [0.2, 0.25) is 5.75 Å². The van der Waals surface area contributed by atoms with Crippen LogP contribution >= 0.6 is 15.9 Å². The van der Waals surface area contributed by atoms with Crippen molar-refractivity contribution in [1.29, 1.82) is 5.26 Å². The Bertz CT molecular complexity index is 728. The lowest BCUT2D eigenvalue weighted by Crippen LogP contribution is -1.95. The zero-order valence-corrected chi connectivity index (χ0v) is 11.4. The molecule has 20 heavy (non-hydrogen) atoms. The van der Waals surface area contributed by atoms with Crippen LogP contribution in [0.25, 0.3) is 0 Å². The summed E-state index contributed by atoms with van der Waals surface area (Å²) in [6, 6.07) is 9.37. The highest BCUT2D eigenvalue weighted by Gasteiger charge is 2.18. The number of nitriles is 1. The van der Waals surface area contributed by atoms with Gasteiger partial charge in [0, 0.05) is 16.6 Å². The van der Waals surface area contributed by atoms with Crippen LogP contribution in [-0.2, 0) is 0 Å². The van der Waals surface area contributed by atoms with Crippen molar-refractivity contribution >= 4 is 21.6 Å². The van der Waals surface area contributed by atoms with Gasteiger partial charge in [-0.1, -0.05) is 15.9 Å². The van der Waals surface area contributed by atoms with Gasteiger partial charge in [-0.15, -0.1) is 0 Å². The van der Waals surface area contributed by atoms with Gasteiger partial charge < -0.3 is 4.74 Å². The fourth-order valence-corrected chi connectivity index (χ4v) is 1.88. The van der Waals surface area contributed by atoms with E-state index >= 15 is 0 Å². The standard InChI is InChI=1S/C13H6BrFN2O3/c14-9-1-4-12(8(5-9)7-16)20-13-6-10(15)2-3-11(13)17(18)19/h1-6H. The molecule has 0 unspecified atom stereocenters. The third kappa shape index (κ3) is 2.92. The summed E-state index contributed by atoms with van der Waals surface area (Å²) in [5.74, 6) is -0.806. The maximum atomic E-state index is 13.2. The molecule has 0 N–H and O–H groups in total. The molecule has 0 radical (unpaired) electrons. The van der Waals surface area contributed by atoms with E-state index in [1.54, 1.807) is 6.07 Å². The number of hydrogen-bond acceptors (Lipinski definition) is 4. The molecule has 7 heteroatoms. The normalized spacial score (nSPS) is 9.85. The van der Waals surface area contributed by atoms with E-state index in [1.807, 2.05) is 6.07 Å². The Kier molecular flexibility index (Phi) is 3.96. The van der Waals surface area contributed by atoms with Gasteiger partial charge in [-0.2, -0.15) is 5.26 Å². The van der Waals surface area contributed by atoms with Crippen molar-refractivity contribution in [1.82, 2.24) is 0 Å². The lowest BCUT2D eigenvalue weighted by Gasteiger charge is -2.08. The van der Waals surface area contributed by atoms with E-state index in [2.05, 4.69) is 15.9 Å². The number of nitro groups is 1. The first-order valence-corrected chi connectivity index (χ1v) is 6.12. The molecular formula is C13H6BrFN2O3. The summed E-state index contributed by atoms with van der Waals surface area (Å²) >= 11 is 3.20. The second-order valence-corrected chi connectivity index (χ2v) is 4.64. The molecule has 0 fully saturated rings. The lowest BCUT2D eigenvalue weighted by molar-refractivity contribution is -0.385. The van der Waals surface area contributed by atoms with Gasteiger partial charge in [0.15, 0.2) is 0 Å². The molecule has 0 saturated carbocycles. The van der Waals surface area contributed by atoms with E-state index in [1.165, 1.54) is 12.1 Å². The Balaban J connectivity index is 2.47. The summed E-state index contributed by atoms with van der Waals surface area (Å²) in [5, 5.41) is 19.9. The average Bonchev–Trinajstić information content (AvgIpc) is 2.40. The van der Waals surface area contributed by atoms with Crippen LogP contribution in [0.2, 0.25) is 0 Å². The van der Waals surface area contributed by atoms with Crippen LogP contribution in [0.1, 0.15) is 5.56 Å². The first-order chi connectivity index (χ1) is 9.51. The average molecular weight is 337 g/mol. The van der Waals surface area contributed by atoms with Crippen LogP contribution in [0.15, 0.2) is 40.9 Å². The van der Waals surface area contributed by atoms with Gasteiger partial charge in [-0.05, 0) is 24.3 Å². The fraction of sp³-hybridized carbons (Fsp3) is 0. The molecule has 2 aromatic carbocycles. The maximum absolute atomic E-state index is 13.2. The molecule has 0 aliphatic heterocycles. The predicted molar refractivity (Wildman–Crippen MR) is 72.0 cm³/mol. The third-order valence-corrected chi connectivity index (χ3v) is 2.89. The first kappa shape index (κ1) is 14.0. The van der Waals surface area contributed by atoms with Crippen LogP contribution in [0.4, 0.5) is 10.1 Å². The molecular weight excluding hydrogens is 331 g/mol. The number of benzene rings is 2. The molecule has 0 amide bonds. The highest BCUT2D eigenvalue weighted by molar-refractivity contribution is 9.10. The Morgan fingerprint density at radius 2 is 2.00 bits per heavy atom. The van der Waals surface area contributed by atoms with Crippen molar-refractivity contribution < 1.29 is 14.1 Å². The van der Waals surface area contributed by atoms with Crippen LogP contribution in [0.5, 0.6) is 11.5 Å². The number of nitro benzene ring substituents is 1. The van der Waals surface area contributed by atoms with E-state index < -0.39 is 10.7 Å². The molecule has 0 aliphatic rings. The van der Waals surface area contributed by atoms with Gasteiger partial charge in [0.1, 0.15) is 17.6 Å². The van der Waals surface area contributed by atoms with E-state index in [0.29, 0.717) is 4.47 Å². The first-order valence-electron chi connectivity index (χ1n) is 5.32. The van der Waals surface area contributed by atoms with Crippen LogP contribution < -0.4 is 4.74 Å². The minimum Gasteiger partial charge on any atom is -0.449 e. The van der Waals surface area contributed by atoms with Crippen molar-refractivity contribution in [2.75, 3.05) is 0 Å². The molecule has 0 saturated heterocycles. The highest BCUT2D eigenvalue weighted by atomic mass is 79.9. The Morgan fingerprint density at radius 1 is 1.25 bits per heavy atom. The third-order valence-electron chi connectivity index (χ3n) is 2.40. The second kappa shape index (κ2) is 5.67. The zero-order valence-electron chi connectivity index (χ0n) is 9.84. The fourth-order valence-electron chi connectivity index (χ4n) is 1.52. The molecule has 0 spiro atoms. The van der Waals surface area contributed by atoms with Gasteiger partial charge in [0.05, 0.1) is 10.5 Å². The molecule has 0 bridgehead atoms. The smallest absolute Gasteiger partial charge is 0.311 e. The molecule has 0 aromatic heterocycles. The van der Waals surface area contributed by atoms with E-state index in [0.717, 1.165) is 18.2 Å². The minimum atomic E-state index is -0.681. The molecule has 0 aliphatic carbocycles. The number of halogens is 2. The summed E-state index contributed by atoms with van der Waals surface area (Å²) in [4.78, 5) is 10.2. The largest absolute Gasteiger partial charge is 0.449 e.